The summed E-state index contributed by atoms with van der Waals surface area (Å²) in [5.41, 5.74) is 0. The van der Waals surface area contributed by atoms with Gasteiger partial charge in [-0.2, -0.15) is 0 Å². The van der Waals surface area contributed by atoms with Crippen LogP contribution in [0, 0.1) is 0 Å². The molecule has 0 amide bonds. The zero-order valence-corrected chi connectivity index (χ0v) is 17.2. The molecule has 0 bridgehead atoms. The number of carbonyl (C=O) groups is 2. The quantitative estimate of drug-likeness (QED) is 0.326. The van der Waals surface area contributed by atoms with Crippen LogP contribution in [-0.2, 0) is 9.59 Å². The van der Waals surface area contributed by atoms with Gasteiger partial charge in [0.05, 0.1) is 0 Å². The minimum absolute atomic E-state index is 0.234. The van der Waals surface area contributed by atoms with E-state index >= 15 is 0 Å². The molecule has 0 aromatic heterocycles. The van der Waals surface area contributed by atoms with Crippen molar-refractivity contribution in [2.24, 2.45) is 0 Å². The number of hydrogen-bond donors (Lipinski definition) is 2. The van der Waals surface area contributed by atoms with E-state index in [0.717, 1.165) is 17.7 Å². The van der Waals surface area contributed by atoms with Gasteiger partial charge >= 0.3 is 137 Å². The summed E-state index contributed by atoms with van der Waals surface area (Å²) in [6, 6.07) is 0. The van der Waals surface area contributed by atoms with Crippen molar-refractivity contribution in [3.8, 4) is 0 Å². The van der Waals surface area contributed by atoms with Crippen molar-refractivity contribution in [1.82, 2.24) is 0 Å². The molecule has 122 valence electrons. The summed E-state index contributed by atoms with van der Waals surface area (Å²) in [7, 11) is 0. The zero-order valence-electron chi connectivity index (χ0n) is 12.9. The summed E-state index contributed by atoms with van der Waals surface area (Å²) in [6.07, 6.45) is 1.15. The second kappa shape index (κ2) is 11.0. The van der Waals surface area contributed by atoms with E-state index in [1.807, 2.05) is 0 Å². The molecule has 0 saturated carbocycles. The van der Waals surface area contributed by atoms with Crippen LogP contribution in [0.4, 0.5) is 0 Å². The standard InChI is InChI=1S/C14H28I2O4/c1-5-15(6-2)11(13(17)18)9-10-12(14(19)20)16(7-3)8-4/h11-12H,5-10H2,1-4H3,(H,17,18)(H,19,20). The number of halogens is 2. The fourth-order valence-electron chi connectivity index (χ4n) is 2.24. The summed E-state index contributed by atoms with van der Waals surface area (Å²) >= 11 is -2.93. The number of hydrogen-bond acceptors (Lipinski definition) is 2. The molecule has 0 aromatic carbocycles. The maximum atomic E-state index is 11.5. The molecule has 6 heteroatoms. The Morgan fingerprint density at radius 2 is 1.00 bits per heavy atom. The van der Waals surface area contributed by atoms with Gasteiger partial charge in [-0.05, 0) is 0 Å². The van der Waals surface area contributed by atoms with E-state index in [2.05, 4.69) is 27.7 Å². The number of alkyl halides is 6. The predicted octanol–water partition coefficient (Wildman–Crippen LogP) is 3.77. The first-order valence-electron chi connectivity index (χ1n) is 7.08. The number of carboxylic acid groups (broad SMARTS) is 2. The van der Waals surface area contributed by atoms with Gasteiger partial charge in [-0.25, -0.2) is 0 Å². The number of carboxylic acids is 2. The van der Waals surface area contributed by atoms with Gasteiger partial charge in [0, 0.05) is 0 Å². The third kappa shape index (κ3) is 6.44. The van der Waals surface area contributed by atoms with Crippen LogP contribution in [0.15, 0.2) is 0 Å². The van der Waals surface area contributed by atoms with E-state index in [1.54, 1.807) is 0 Å². The fourth-order valence-corrected chi connectivity index (χ4v) is 12.6. The molecule has 2 atom stereocenters. The van der Waals surface area contributed by atoms with Crippen LogP contribution in [0.2, 0.25) is 0 Å². The van der Waals surface area contributed by atoms with Crippen molar-refractivity contribution in [2.45, 2.75) is 48.4 Å². The van der Waals surface area contributed by atoms with E-state index in [4.69, 9.17) is 0 Å². The monoisotopic (exact) mass is 514 g/mol. The average Bonchev–Trinajstić information content (AvgIpc) is 2.41. The van der Waals surface area contributed by atoms with Gasteiger partial charge in [-0.1, -0.05) is 0 Å². The van der Waals surface area contributed by atoms with Crippen molar-refractivity contribution in [1.29, 1.82) is 0 Å². The van der Waals surface area contributed by atoms with Crippen molar-refractivity contribution in [3.63, 3.8) is 0 Å². The van der Waals surface area contributed by atoms with Gasteiger partial charge in [-0.15, -0.1) is 0 Å². The molecule has 4 nitrogen and oxygen atoms in total. The van der Waals surface area contributed by atoms with E-state index < -0.39 is 51.6 Å². The van der Waals surface area contributed by atoms with E-state index in [-0.39, 0.29) is 7.85 Å². The average molecular weight is 514 g/mol. The molecular formula is C14H28I2O4. The molecule has 0 aliphatic heterocycles. The predicted molar refractivity (Wildman–Crippen MR) is 102 cm³/mol. The second-order valence-electron chi connectivity index (χ2n) is 4.25. The Kier molecular flexibility index (Phi) is 11.3. The summed E-state index contributed by atoms with van der Waals surface area (Å²) in [5.74, 6) is -1.40. The van der Waals surface area contributed by atoms with Crippen molar-refractivity contribution in [3.05, 3.63) is 0 Å². The van der Waals surface area contributed by atoms with Gasteiger partial charge in [0.1, 0.15) is 0 Å². The summed E-state index contributed by atoms with van der Waals surface area (Å²) < 4.78 is 3.53. The topological polar surface area (TPSA) is 74.6 Å². The molecule has 2 unspecified atom stereocenters. The van der Waals surface area contributed by atoms with Crippen molar-refractivity contribution in [2.75, 3.05) is 17.7 Å². The van der Waals surface area contributed by atoms with Crippen LogP contribution in [0.5, 0.6) is 0 Å². The number of rotatable bonds is 11. The molecule has 0 aromatic rings. The molecule has 20 heavy (non-hydrogen) atoms. The Bertz CT molecular complexity index is 272. The summed E-state index contributed by atoms with van der Waals surface area (Å²) in [5, 5.41) is 18.8. The Morgan fingerprint density at radius 1 is 0.750 bits per heavy atom. The van der Waals surface area contributed by atoms with Gasteiger partial charge in [0.25, 0.3) is 0 Å². The summed E-state index contributed by atoms with van der Waals surface area (Å²) in [4.78, 5) is 22.9. The Balaban J connectivity index is 4.79. The van der Waals surface area contributed by atoms with Gasteiger partial charge in [-0.3, -0.25) is 0 Å². The van der Waals surface area contributed by atoms with Crippen LogP contribution < -0.4 is 0 Å². The third-order valence-corrected chi connectivity index (χ3v) is 17.7. The van der Waals surface area contributed by atoms with Crippen LogP contribution in [0.1, 0.15) is 40.5 Å². The molecule has 0 saturated heterocycles. The molecule has 0 aliphatic rings. The first kappa shape index (κ1) is 20.4. The van der Waals surface area contributed by atoms with Crippen molar-refractivity contribution < 1.29 is 19.8 Å². The molecule has 0 fully saturated rings. The number of aliphatic carboxylic acids is 2. The minimum atomic E-state index is -1.46. The molecular weight excluding hydrogens is 486 g/mol. The van der Waals surface area contributed by atoms with Crippen LogP contribution in [0.25, 0.3) is 0 Å². The van der Waals surface area contributed by atoms with Crippen molar-refractivity contribution >= 4 is 51.6 Å². The van der Waals surface area contributed by atoms with E-state index in [1.165, 1.54) is 0 Å². The van der Waals surface area contributed by atoms with Crippen LogP contribution >= 0.6 is 39.6 Å². The fraction of sp³-hybridized carbons (Fsp3) is 0.857. The molecule has 0 aliphatic carbocycles. The first-order chi connectivity index (χ1) is 9.42. The molecule has 0 rings (SSSR count). The Morgan fingerprint density at radius 3 is 1.15 bits per heavy atom. The van der Waals surface area contributed by atoms with E-state index in [0.29, 0.717) is 12.8 Å². The molecule has 0 radical (unpaired) electrons. The first-order valence-corrected chi connectivity index (χ1v) is 15.7. The maximum absolute atomic E-state index is 11.5. The molecule has 2 N–H and O–H groups in total. The van der Waals surface area contributed by atoms with Gasteiger partial charge in [0.15, 0.2) is 0 Å². The Hall–Kier alpha value is 0.400. The Labute approximate surface area is 136 Å². The van der Waals surface area contributed by atoms with Crippen LogP contribution in [0.3, 0.4) is 0 Å². The van der Waals surface area contributed by atoms with E-state index in [9.17, 15) is 19.8 Å². The van der Waals surface area contributed by atoms with Gasteiger partial charge < -0.3 is 0 Å². The zero-order chi connectivity index (χ0) is 15.7. The normalized spacial score (nSPS) is 15.4. The summed E-state index contributed by atoms with van der Waals surface area (Å²) in [6.45, 7) is 8.32. The SMILES string of the molecule is CCI(CC)C(CCC(C(=O)O)I(CC)CC)C(=O)O. The van der Waals surface area contributed by atoms with Gasteiger partial charge in [0.2, 0.25) is 0 Å². The molecule has 0 spiro atoms. The second-order valence-corrected chi connectivity index (χ2v) is 19.0. The van der Waals surface area contributed by atoms with Crippen LogP contribution in [-0.4, -0.2) is 47.7 Å². The third-order valence-electron chi connectivity index (χ3n) is 3.33. The molecule has 0 heterocycles.